The van der Waals surface area contributed by atoms with Crippen LogP contribution in [-0.4, -0.2) is 29.3 Å². The van der Waals surface area contributed by atoms with Crippen LogP contribution >= 0.6 is 0 Å². The number of hydrogen-bond acceptors (Lipinski definition) is 4. The lowest BCUT2D eigenvalue weighted by atomic mass is 9.94. The van der Waals surface area contributed by atoms with Crippen LogP contribution < -0.4 is 10.2 Å². The van der Waals surface area contributed by atoms with Crippen LogP contribution in [0.5, 0.6) is 0 Å². The maximum atomic E-state index is 13.5. The fraction of sp³-hybridized carbons (Fsp3) is 0.333. The molecule has 0 radical (unpaired) electrons. The Kier molecular flexibility index (Phi) is 6.75. The van der Waals surface area contributed by atoms with Gasteiger partial charge in [-0.1, -0.05) is 30.3 Å². The summed E-state index contributed by atoms with van der Waals surface area (Å²) in [4.78, 5) is 26.0. The number of aryl methyl sites for hydroxylation is 1. The molecule has 1 unspecified atom stereocenters. The average Bonchev–Trinajstić information content (AvgIpc) is 2.73. The van der Waals surface area contributed by atoms with E-state index in [1.54, 1.807) is 43.9 Å². The predicted molar refractivity (Wildman–Crippen MR) is 117 cm³/mol. The highest BCUT2D eigenvalue weighted by atomic mass is 19.1. The van der Waals surface area contributed by atoms with Gasteiger partial charge in [-0.3, -0.25) is 9.69 Å². The van der Waals surface area contributed by atoms with Crippen LogP contribution in [0.4, 0.5) is 20.6 Å². The maximum Gasteiger partial charge on any atom is 0.407 e. The maximum absolute atomic E-state index is 13.5. The molecule has 3 rings (SSSR count). The number of benzene rings is 2. The third kappa shape index (κ3) is 5.49. The lowest BCUT2D eigenvalue weighted by Crippen LogP contribution is -2.34. The molecule has 0 fully saturated rings. The van der Waals surface area contributed by atoms with Gasteiger partial charge in [-0.25, -0.2) is 9.18 Å². The number of carbonyl (C=O) groups is 2. The molecular formula is C24H27FN2O4. The molecule has 2 aromatic rings. The van der Waals surface area contributed by atoms with Crippen LogP contribution in [0.15, 0.2) is 60.4 Å². The van der Waals surface area contributed by atoms with E-state index in [2.05, 4.69) is 5.32 Å². The van der Waals surface area contributed by atoms with E-state index in [1.807, 2.05) is 30.3 Å². The summed E-state index contributed by atoms with van der Waals surface area (Å²) >= 11 is 0. The average molecular weight is 426 g/mol. The molecule has 2 amide bonds. The largest absolute Gasteiger partial charge is 0.444 e. The van der Waals surface area contributed by atoms with Gasteiger partial charge in [0.1, 0.15) is 11.7 Å². The number of nitrogens with one attached hydrogen (secondary N) is 1. The minimum Gasteiger partial charge on any atom is -0.444 e. The molecule has 0 aliphatic carbocycles. The van der Waals surface area contributed by atoms with Crippen molar-refractivity contribution in [3.63, 3.8) is 0 Å². The second kappa shape index (κ2) is 9.31. The van der Waals surface area contributed by atoms with Gasteiger partial charge in [0, 0.05) is 24.2 Å². The van der Waals surface area contributed by atoms with Crippen molar-refractivity contribution in [3.8, 4) is 0 Å². The zero-order valence-electron chi connectivity index (χ0n) is 17.9. The SMILES string of the molecule is CC(C)(C)OC(=O)NC/C(=C/F)C(O)c1ccc2c(c1)CCC(=O)N2c1ccccc1. The first kappa shape index (κ1) is 22.5. The van der Waals surface area contributed by atoms with E-state index in [1.165, 1.54) is 0 Å². The number of aliphatic hydroxyl groups is 1. The fourth-order valence-electron chi connectivity index (χ4n) is 3.44. The number of fused-ring (bicyclic) bond motifs is 1. The first-order chi connectivity index (χ1) is 14.7. The Morgan fingerprint density at radius 2 is 1.94 bits per heavy atom. The van der Waals surface area contributed by atoms with Crippen molar-refractivity contribution in [1.82, 2.24) is 5.32 Å². The smallest absolute Gasteiger partial charge is 0.407 e. The van der Waals surface area contributed by atoms with Crippen molar-refractivity contribution < 1.29 is 23.8 Å². The second-order valence-electron chi connectivity index (χ2n) is 8.39. The molecule has 1 aliphatic heterocycles. The summed E-state index contributed by atoms with van der Waals surface area (Å²) in [6.07, 6.45) is -0.771. The first-order valence-corrected chi connectivity index (χ1v) is 10.1. The molecule has 0 bridgehead atoms. The van der Waals surface area contributed by atoms with E-state index in [9.17, 15) is 19.1 Å². The molecule has 0 saturated carbocycles. The Morgan fingerprint density at radius 3 is 2.58 bits per heavy atom. The number of rotatable bonds is 5. The van der Waals surface area contributed by atoms with Crippen LogP contribution in [0.1, 0.15) is 44.4 Å². The third-order valence-electron chi connectivity index (χ3n) is 4.86. The highest BCUT2D eigenvalue weighted by Crippen LogP contribution is 2.36. The van der Waals surface area contributed by atoms with Gasteiger partial charge in [-0.15, -0.1) is 0 Å². The van der Waals surface area contributed by atoms with Crippen LogP contribution in [0.2, 0.25) is 0 Å². The Hall–Kier alpha value is -3.19. The first-order valence-electron chi connectivity index (χ1n) is 10.1. The minimum absolute atomic E-state index is 0.00194. The number of carbonyl (C=O) groups excluding carboxylic acids is 2. The Balaban J connectivity index is 1.78. The summed E-state index contributed by atoms with van der Waals surface area (Å²) in [5.74, 6) is -0.00194. The van der Waals surface area contributed by atoms with Crippen molar-refractivity contribution in [2.45, 2.75) is 45.3 Å². The standard InChI is InChI=1S/C24H27FN2O4/c1-24(2,3)31-23(30)26-15-18(14-25)22(29)17-9-11-20-16(13-17)10-12-21(28)27(20)19-7-5-4-6-8-19/h4-9,11,13-14,22,29H,10,12,15H2,1-3H3,(H,26,30)/b18-14-. The third-order valence-corrected chi connectivity index (χ3v) is 4.86. The van der Waals surface area contributed by atoms with E-state index < -0.39 is 17.8 Å². The van der Waals surface area contributed by atoms with Gasteiger partial charge in [-0.2, -0.15) is 0 Å². The van der Waals surface area contributed by atoms with Crippen molar-refractivity contribution in [3.05, 3.63) is 71.6 Å². The molecule has 2 aromatic carbocycles. The summed E-state index contributed by atoms with van der Waals surface area (Å²) in [7, 11) is 0. The molecule has 0 saturated heterocycles. The van der Waals surface area contributed by atoms with Gasteiger partial charge >= 0.3 is 6.09 Å². The van der Waals surface area contributed by atoms with Crippen molar-refractivity contribution in [2.75, 3.05) is 11.4 Å². The fourth-order valence-corrected chi connectivity index (χ4v) is 3.44. The molecule has 0 spiro atoms. The van der Waals surface area contributed by atoms with Gasteiger partial charge in [0.05, 0.1) is 12.0 Å². The number of amides is 2. The summed E-state index contributed by atoms with van der Waals surface area (Å²) in [5.41, 5.74) is 2.21. The topological polar surface area (TPSA) is 78.9 Å². The van der Waals surface area contributed by atoms with Crippen LogP contribution in [0, 0.1) is 0 Å². The van der Waals surface area contributed by atoms with Crippen LogP contribution in [0.3, 0.4) is 0 Å². The quantitative estimate of drug-likeness (QED) is 0.726. The number of anilines is 2. The highest BCUT2D eigenvalue weighted by Gasteiger charge is 2.27. The lowest BCUT2D eigenvalue weighted by Gasteiger charge is -2.30. The predicted octanol–water partition coefficient (Wildman–Crippen LogP) is 4.71. The van der Waals surface area contributed by atoms with Crippen LogP contribution in [-0.2, 0) is 16.0 Å². The van der Waals surface area contributed by atoms with Gasteiger partial charge in [0.15, 0.2) is 0 Å². The van der Waals surface area contributed by atoms with E-state index >= 15 is 0 Å². The van der Waals surface area contributed by atoms with Crippen LogP contribution in [0.25, 0.3) is 0 Å². The molecule has 164 valence electrons. The lowest BCUT2D eigenvalue weighted by molar-refractivity contribution is -0.118. The van der Waals surface area contributed by atoms with Crippen molar-refractivity contribution in [2.24, 2.45) is 0 Å². The number of aliphatic hydroxyl groups excluding tert-OH is 1. The van der Waals surface area contributed by atoms with Gasteiger partial charge < -0.3 is 15.2 Å². The molecule has 31 heavy (non-hydrogen) atoms. The van der Waals surface area contributed by atoms with Gasteiger partial charge in [0.2, 0.25) is 5.91 Å². The monoisotopic (exact) mass is 426 g/mol. The number of alkyl carbamates (subject to hydrolysis) is 1. The number of para-hydroxylation sites is 1. The van der Waals surface area contributed by atoms with Crippen molar-refractivity contribution in [1.29, 1.82) is 0 Å². The summed E-state index contributed by atoms with van der Waals surface area (Å²) < 4.78 is 18.6. The molecular weight excluding hydrogens is 399 g/mol. The number of ether oxygens (including phenoxy) is 1. The normalized spacial score (nSPS) is 15.3. The van der Waals surface area contributed by atoms with Crippen molar-refractivity contribution >= 4 is 23.4 Å². The number of halogens is 1. The molecule has 7 heteroatoms. The Labute approximate surface area is 181 Å². The summed E-state index contributed by atoms with van der Waals surface area (Å²) in [6.45, 7) is 4.98. The molecule has 6 nitrogen and oxygen atoms in total. The molecule has 1 aliphatic rings. The molecule has 0 aromatic heterocycles. The zero-order chi connectivity index (χ0) is 22.6. The second-order valence-corrected chi connectivity index (χ2v) is 8.39. The van der Waals surface area contributed by atoms with E-state index in [-0.39, 0.29) is 18.0 Å². The van der Waals surface area contributed by atoms with E-state index in [0.29, 0.717) is 24.7 Å². The Morgan fingerprint density at radius 1 is 1.23 bits per heavy atom. The van der Waals surface area contributed by atoms with E-state index in [0.717, 1.165) is 16.9 Å². The van der Waals surface area contributed by atoms with Gasteiger partial charge in [-0.05, 0) is 56.5 Å². The molecule has 1 atom stereocenters. The molecule has 2 N–H and O–H groups in total. The van der Waals surface area contributed by atoms with Gasteiger partial charge in [0.25, 0.3) is 0 Å². The minimum atomic E-state index is -1.24. The highest BCUT2D eigenvalue weighted by molar-refractivity contribution is 6.03. The number of hydrogen-bond donors (Lipinski definition) is 2. The Bertz CT molecular complexity index is 983. The summed E-state index contributed by atoms with van der Waals surface area (Å²) in [5, 5.41) is 13.1. The molecule has 1 heterocycles. The number of nitrogens with zero attached hydrogens (tertiary/aromatic N) is 1. The van der Waals surface area contributed by atoms with E-state index in [4.69, 9.17) is 4.74 Å². The summed E-state index contributed by atoms with van der Waals surface area (Å²) in [6, 6.07) is 14.5. The zero-order valence-corrected chi connectivity index (χ0v) is 17.9.